The highest BCUT2D eigenvalue weighted by Crippen LogP contribution is 2.41. The number of amides is 1. The topological polar surface area (TPSA) is 29.1 Å². The highest BCUT2D eigenvalue weighted by Gasteiger charge is 2.32. The molecule has 86 valence electrons. The number of carbonyl (C=O) groups is 1. The van der Waals surface area contributed by atoms with Crippen molar-refractivity contribution >= 4 is 5.91 Å². The van der Waals surface area contributed by atoms with Gasteiger partial charge in [0, 0.05) is 6.92 Å². The third-order valence-electron chi connectivity index (χ3n) is 3.50. The van der Waals surface area contributed by atoms with E-state index in [-0.39, 0.29) is 17.4 Å². The number of benzene rings is 1. The van der Waals surface area contributed by atoms with Gasteiger partial charge in [0.05, 0.1) is 6.04 Å². The molecule has 0 saturated carbocycles. The molecular weight excluding hydrogens is 198 g/mol. The van der Waals surface area contributed by atoms with Crippen molar-refractivity contribution in [3.05, 3.63) is 35.4 Å². The third-order valence-corrected chi connectivity index (χ3v) is 3.50. The van der Waals surface area contributed by atoms with Crippen molar-refractivity contribution in [2.75, 3.05) is 0 Å². The smallest absolute Gasteiger partial charge is 0.217 e. The maximum atomic E-state index is 11.2. The Bertz CT molecular complexity index is 409. The highest BCUT2D eigenvalue weighted by molar-refractivity contribution is 5.73. The number of carbonyl (C=O) groups excluding carboxylic acids is 1. The van der Waals surface area contributed by atoms with Gasteiger partial charge in [-0.2, -0.15) is 0 Å². The van der Waals surface area contributed by atoms with Crippen LogP contribution in [0.2, 0.25) is 0 Å². The minimum absolute atomic E-state index is 0.0551. The van der Waals surface area contributed by atoms with Crippen molar-refractivity contribution in [3.63, 3.8) is 0 Å². The van der Waals surface area contributed by atoms with Crippen LogP contribution in [-0.2, 0) is 10.2 Å². The summed E-state index contributed by atoms with van der Waals surface area (Å²) in [7, 11) is 0. The first-order valence-electron chi connectivity index (χ1n) is 5.87. The SMILES string of the molecule is CC(=O)NC1CCC(C)(C)c2ccccc21. The zero-order valence-electron chi connectivity index (χ0n) is 10.2. The van der Waals surface area contributed by atoms with Crippen LogP contribution in [-0.4, -0.2) is 5.91 Å². The molecule has 2 rings (SSSR count). The zero-order chi connectivity index (χ0) is 11.8. The molecule has 1 aliphatic rings. The van der Waals surface area contributed by atoms with E-state index in [2.05, 4.69) is 43.4 Å². The predicted octanol–water partition coefficient (Wildman–Crippen LogP) is 2.94. The van der Waals surface area contributed by atoms with Gasteiger partial charge in [-0.25, -0.2) is 0 Å². The number of nitrogens with one attached hydrogen (secondary N) is 1. The van der Waals surface area contributed by atoms with Crippen LogP contribution < -0.4 is 5.32 Å². The Hall–Kier alpha value is -1.31. The Labute approximate surface area is 97.1 Å². The Kier molecular flexibility index (Phi) is 2.75. The van der Waals surface area contributed by atoms with Crippen molar-refractivity contribution in [1.29, 1.82) is 0 Å². The Morgan fingerprint density at radius 3 is 2.75 bits per heavy atom. The fourth-order valence-electron chi connectivity index (χ4n) is 2.61. The lowest BCUT2D eigenvalue weighted by Crippen LogP contribution is -2.34. The van der Waals surface area contributed by atoms with Crippen molar-refractivity contribution in [3.8, 4) is 0 Å². The number of hydrogen-bond acceptors (Lipinski definition) is 1. The largest absolute Gasteiger partial charge is 0.350 e. The van der Waals surface area contributed by atoms with Crippen LogP contribution in [0.15, 0.2) is 24.3 Å². The molecule has 1 N–H and O–H groups in total. The summed E-state index contributed by atoms with van der Waals surface area (Å²) in [5, 5.41) is 3.04. The summed E-state index contributed by atoms with van der Waals surface area (Å²) in [6.07, 6.45) is 2.15. The van der Waals surface area contributed by atoms with Gasteiger partial charge in [-0.15, -0.1) is 0 Å². The molecule has 0 aromatic heterocycles. The summed E-state index contributed by atoms with van der Waals surface area (Å²) in [6.45, 7) is 6.13. The molecule has 0 heterocycles. The van der Waals surface area contributed by atoms with Crippen LogP contribution in [0.25, 0.3) is 0 Å². The second-order valence-electron chi connectivity index (χ2n) is 5.26. The van der Waals surface area contributed by atoms with Gasteiger partial charge in [-0.3, -0.25) is 4.79 Å². The van der Waals surface area contributed by atoms with E-state index in [4.69, 9.17) is 0 Å². The van der Waals surface area contributed by atoms with E-state index in [1.807, 2.05) is 0 Å². The first-order valence-corrected chi connectivity index (χ1v) is 5.87. The Morgan fingerprint density at radius 1 is 1.38 bits per heavy atom. The number of hydrogen-bond donors (Lipinski definition) is 1. The van der Waals surface area contributed by atoms with E-state index < -0.39 is 0 Å². The molecule has 1 amide bonds. The summed E-state index contributed by atoms with van der Waals surface area (Å²) in [5.41, 5.74) is 2.89. The maximum Gasteiger partial charge on any atom is 0.217 e. The van der Waals surface area contributed by atoms with E-state index in [0.29, 0.717) is 0 Å². The molecule has 1 aromatic rings. The minimum Gasteiger partial charge on any atom is -0.350 e. The van der Waals surface area contributed by atoms with Crippen molar-refractivity contribution in [1.82, 2.24) is 5.32 Å². The molecule has 0 bridgehead atoms. The predicted molar refractivity (Wildman–Crippen MR) is 65.3 cm³/mol. The highest BCUT2D eigenvalue weighted by atomic mass is 16.1. The van der Waals surface area contributed by atoms with Crippen molar-refractivity contribution < 1.29 is 4.79 Å². The summed E-state index contributed by atoms with van der Waals surface area (Å²) in [5.74, 6) is 0.0551. The van der Waals surface area contributed by atoms with E-state index >= 15 is 0 Å². The normalized spacial score (nSPS) is 22.3. The maximum absolute atomic E-state index is 11.2. The quantitative estimate of drug-likeness (QED) is 0.770. The monoisotopic (exact) mass is 217 g/mol. The lowest BCUT2D eigenvalue weighted by Gasteiger charge is -2.37. The Morgan fingerprint density at radius 2 is 2.06 bits per heavy atom. The second-order valence-corrected chi connectivity index (χ2v) is 5.26. The third kappa shape index (κ3) is 1.97. The summed E-state index contributed by atoms with van der Waals surface area (Å²) in [4.78, 5) is 11.2. The molecule has 0 spiro atoms. The minimum atomic E-state index is 0.0551. The molecule has 16 heavy (non-hydrogen) atoms. The van der Waals surface area contributed by atoms with Crippen molar-refractivity contribution in [2.45, 2.75) is 45.1 Å². The molecule has 1 aliphatic carbocycles. The summed E-state index contributed by atoms with van der Waals surface area (Å²) < 4.78 is 0. The van der Waals surface area contributed by atoms with Gasteiger partial charge >= 0.3 is 0 Å². The average molecular weight is 217 g/mol. The molecule has 0 fully saturated rings. The molecule has 0 saturated heterocycles. The van der Waals surface area contributed by atoms with Crippen LogP contribution in [0.1, 0.15) is 50.8 Å². The number of rotatable bonds is 1. The standard InChI is InChI=1S/C14H19NO/c1-10(16)15-13-8-9-14(2,3)12-7-5-4-6-11(12)13/h4-7,13H,8-9H2,1-3H3,(H,15,16). The van der Waals surface area contributed by atoms with Crippen LogP contribution in [0, 0.1) is 0 Å². The van der Waals surface area contributed by atoms with Gasteiger partial charge in [0.2, 0.25) is 5.91 Å². The molecule has 0 radical (unpaired) electrons. The van der Waals surface area contributed by atoms with E-state index in [9.17, 15) is 4.79 Å². The lowest BCUT2D eigenvalue weighted by atomic mass is 9.71. The van der Waals surface area contributed by atoms with Crippen LogP contribution in [0.4, 0.5) is 0 Å². The van der Waals surface area contributed by atoms with Gasteiger partial charge in [-0.1, -0.05) is 38.1 Å². The molecule has 1 unspecified atom stereocenters. The van der Waals surface area contributed by atoms with Gasteiger partial charge < -0.3 is 5.32 Å². The molecule has 2 heteroatoms. The molecule has 1 atom stereocenters. The van der Waals surface area contributed by atoms with Gasteiger partial charge in [0.15, 0.2) is 0 Å². The number of fused-ring (bicyclic) bond motifs is 1. The lowest BCUT2D eigenvalue weighted by molar-refractivity contribution is -0.119. The summed E-state index contributed by atoms with van der Waals surface area (Å²) in [6, 6.07) is 8.65. The second kappa shape index (κ2) is 3.93. The van der Waals surface area contributed by atoms with E-state index in [0.717, 1.165) is 12.8 Å². The first-order chi connectivity index (χ1) is 7.50. The molecule has 1 aromatic carbocycles. The first kappa shape index (κ1) is 11.2. The van der Waals surface area contributed by atoms with Crippen molar-refractivity contribution in [2.24, 2.45) is 0 Å². The zero-order valence-corrected chi connectivity index (χ0v) is 10.2. The molecule has 0 aliphatic heterocycles. The van der Waals surface area contributed by atoms with E-state index in [1.165, 1.54) is 11.1 Å². The molecular formula is C14H19NO. The van der Waals surface area contributed by atoms with Gasteiger partial charge in [0.25, 0.3) is 0 Å². The average Bonchev–Trinajstić information content (AvgIpc) is 2.23. The van der Waals surface area contributed by atoms with E-state index in [1.54, 1.807) is 6.92 Å². The molecule has 2 nitrogen and oxygen atoms in total. The van der Waals surface area contributed by atoms with Gasteiger partial charge in [-0.05, 0) is 29.4 Å². The van der Waals surface area contributed by atoms with Crippen LogP contribution in [0.5, 0.6) is 0 Å². The fourth-order valence-corrected chi connectivity index (χ4v) is 2.61. The fraction of sp³-hybridized carbons (Fsp3) is 0.500. The van der Waals surface area contributed by atoms with Crippen LogP contribution >= 0.6 is 0 Å². The summed E-state index contributed by atoms with van der Waals surface area (Å²) >= 11 is 0. The van der Waals surface area contributed by atoms with Gasteiger partial charge in [0.1, 0.15) is 0 Å². The van der Waals surface area contributed by atoms with Crippen LogP contribution in [0.3, 0.4) is 0 Å². The Balaban J connectivity index is 2.39.